The molecule has 4 saturated carbocycles. The highest BCUT2D eigenvalue weighted by atomic mass is 35.5. The molecule has 1 aromatic rings. The number of amides is 2. The molecule has 4 aliphatic rings. The van der Waals surface area contributed by atoms with E-state index >= 15 is 0 Å². The number of urea groups is 1. The minimum Gasteiger partial charge on any atom is -0.503 e. The molecule has 0 unspecified atom stereocenters. The average molecular weight is 378 g/mol. The van der Waals surface area contributed by atoms with E-state index in [1.165, 1.54) is 32.6 Å². The van der Waals surface area contributed by atoms with Crippen molar-refractivity contribution in [3.05, 3.63) is 22.7 Å². The molecule has 1 aromatic carbocycles. The molecule has 0 aliphatic heterocycles. The number of hydrogen-bond donors (Lipinski definition) is 3. The third-order valence-electron chi connectivity index (χ3n) is 6.07. The van der Waals surface area contributed by atoms with Gasteiger partial charge >= 0.3 is 6.03 Å². The van der Waals surface area contributed by atoms with E-state index in [4.69, 9.17) is 16.3 Å². The van der Waals surface area contributed by atoms with Crippen LogP contribution in [0.3, 0.4) is 0 Å². The SMILES string of the molecule is COc1cc(/C=N/NC(=O)NC23CC4CC(CC(C4)C2)C3)cc(Cl)c1O. The van der Waals surface area contributed by atoms with Gasteiger partial charge in [0.15, 0.2) is 11.5 Å². The topological polar surface area (TPSA) is 83.0 Å². The number of ether oxygens (including phenoxy) is 1. The van der Waals surface area contributed by atoms with Crippen LogP contribution in [0.15, 0.2) is 17.2 Å². The fourth-order valence-corrected chi connectivity index (χ4v) is 5.74. The lowest BCUT2D eigenvalue weighted by Crippen LogP contribution is -2.61. The van der Waals surface area contributed by atoms with Crippen molar-refractivity contribution < 1.29 is 14.6 Å². The Kier molecular flexibility index (Phi) is 4.47. The van der Waals surface area contributed by atoms with Crippen molar-refractivity contribution in [3.8, 4) is 11.5 Å². The molecule has 4 aliphatic carbocycles. The van der Waals surface area contributed by atoms with Crippen molar-refractivity contribution in [2.24, 2.45) is 22.9 Å². The summed E-state index contributed by atoms with van der Waals surface area (Å²) in [4.78, 5) is 12.3. The molecule has 7 heteroatoms. The smallest absolute Gasteiger partial charge is 0.335 e. The van der Waals surface area contributed by atoms with E-state index in [-0.39, 0.29) is 28.1 Å². The Labute approximate surface area is 157 Å². The number of rotatable bonds is 4. The molecule has 4 bridgehead atoms. The minimum absolute atomic E-state index is 0.0422. The summed E-state index contributed by atoms with van der Waals surface area (Å²) < 4.78 is 5.06. The summed E-state index contributed by atoms with van der Waals surface area (Å²) in [5, 5.41) is 17.1. The van der Waals surface area contributed by atoms with Gasteiger partial charge in [0.2, 0.25) is 0 Å². The Hall–Kier alpha value is -1.95. The van der Waals surface area contributed by atoms with Crippen molar-refractivity contribution in [2.75, 3.05) is 7.11 Å². The second kappa shape index (κ2) is 6.65. The van der Waals surface area contributed by atoms with E-state index in [1.807, 2.05) is 0 Å². The third-order valence-corrected chi connectivity index (χ3v) is 6.36. The molecule has 0 saturated heterocycles. The molecule has 3 N–H and O–H groups in total. The molecule has 4 fully saturated rings. The van der Waals surface area contributed by atoms with Gasteiger partial charge in [-0.05, 0) is 74.0 Å². The Morgan fingerprint density at radius 3 is 2.46 bits per heavy atom. The van der Waals surface area contributed by atoms with Crippen molar-refractivity contribution in [3.63, 3.8) is 0 Å². The lowest BCUT2D eigenvalue weighted by Gasteiger charge is -2.56. The quantitative estimate of drug-likeness (QED) is 0.553. The predicted octanol–water partition coefficient (Wildman–Crippen LogP) is 3.66. The van der Waals surface area contributed by atoms with E-state index in [9.17, 15) is 9.90 Å². The summed E-state index contributed by atoms with van der Waals surface area (Å²) in [5.74, 6) is 2.47. The molecule has 0 spiro atoms. The van der Waals surface area contributed by atoms with Gasteiger partial charge in [-0.25, -0.2) is 10.2 Å². The fraction of sp³-hybridized carbons (Fsp3) is 0.579. The minimum atomic E-state index is -0.264. The molecular weight excluding hydrogens is 354 g/mol. The number of carbonyl (C=O) groups excluding carboxylic acids is 1. The Balaban J connectivity index is 1.37. The summed E-state index contributed by atoms with van der Waals surface area (Å²) >= 11 is 5.95. The number of carbonyl (C=O) groups is 1. The first-order valence-electron chi connectivity index (χ1n) is 9.14. The van der Waals surface area contributed by atoms with Crippen LogP contribution in [0.2, 0.25) is 5.02 Å². The van der Waals surface area contributed by atoms with Gasteiger partial charge < -0.3 is 15.2 Å². The second-order valence-corrected chi connectivity index (χ2v) is 8.48. The molecule has 0 heterocycles. The average Bonchev–Trinajstić information content (AvgIpc) is 2.56. The predicted molar refractivity (Wildman–Crippen MR) is 99.8 cm³/mol. The number of hydrazone groups is 1. The van der Waals surface area contributed by atoms with Crippen molar-refractivity contribution >= 4 is 23.8 Å². The van der Waals surface area contributed by atoms with Gasteiger partial charge in [0, 0.05) is 5.54 Å². The first-order chi connectivity index (χ1) is 12.5. The number of nitrogens with zero attached hydrogens (tertiary/aromatic N) is 1. The summed E-state index contributed by atoms with van der Waals surface area (Å²) in [5.41, 5.74) is 3.13. The fourth-order valence-electron chi connectivity index (χ4n) is 5.52. The summed E-state index contributed by atoms with van der Waals surface area (Å²) in [7, 11) is 1.45. The van der Waals surface area contributed by atoms with E-state index in [0.29, 0.717) is 5.56 Å². The monoisotopic (exact) mass is 377 g/mol. The standard InChI is InChI=1S/C19H24ClN3O3/c1-26-16-6-14(5-15(20)17(16)24)10-21-23-18(25)22-19-7-11-2-12(8-19)4-13(3-11)9-19/h5-6,10-13,24H,2-4,7-9H2,1H3,(H2,22,23,25)/b21-10+. The van der Waals surface area contributed by atoms with Gasteiger partial charge in [0.25, 0.3) is 0 Å². The maximum absolute atomic E-state index is 12.3. The number of phenolic OH excluding ortho intramolecular Hbond substituents is 1. The van der Waals surface area contributed by atoms with E-state index in [0.717, 1.165) is 37.0 Å². The van der Waals surface area contributed by atoms with Crippen LogP contribution >= 0.6 is 11.6 Å². The van der Waals surface area contributed by atoms with Crippen molar-refractivity contribution in [1.82, 2.24) is 10.7 Å². The Bertz CT molecular complexity index is 715. The number of hydrogen-bond acceptors (Lipinski definition) is 4. The molecule has 0 atom stereocenters. The molecule has 0 radical (unpaired) electrons. The van der Waals surface area contributed by atoms with Gasteiger partial charge in [-0.1, -0.05) is 11.6 Å². The first-order valence-corrected chi connectivity index (χ1v) is 9.52. The van der Waals surface area contributed by atoms with Crippen LogP contribution in [0.4, 0.5) is 4.79 Å². The van der Waals surface area contributed by atoms with Gasteiger partial charge in [0.05, 0.1) is 18.3 Å². The van der Waals surface area contributed by atoms with Gasteiger partial charge in [-0.2, -0.15) is 5.10 Å². The van der Waals surface area contributed by atoms with Crippen LogP contribution in [-0.4, -0.2) is 30.0 Å². The molecular formula is C19H24ClN3O3. The molecule has 2 amide bonds. The zero-order valence-electron chi connectivity index (χ0n) is 14.8. The lowest BCUT2D eigenvalue weighted by atomic mass is 9.53. The first kappa shape index (κ1) is 17.5. The van der Waals surface area contributed by atoms with Gasteiger partial charge in [-0.15, -0.1) is 0 Å². The molecule has 26 heavy (non-hydrogen) atoms. The number of nitrogens with one attached hydrogen (secondary N) is 2. The van der Waals surface area contributed by atoms with Gasteiger partial charge in [-0.3, -0.25) is 0 Å². The van der Waals surface area contributed by atoms with Crippen LogP contribution in [0, 0.1) is 17.8 Å². The van der Waals surface area contributed by atoms with Crippen LogP contribution in [0.1, 0.15) is 44.1 Å². The van der Waals surface area contributed by atoms with Crippen molar-refractivity contribution in [2.45, 2.75) is 44.1 Å². The lowest BCUT2D eigenvalue weighted by molar-refractivity contribution is -0.0135. The normalized spacial score (nSPS) is 32.0. The third kappa shape index (κ3) is 3.34. The van der Waals surface area contributed by atoms with E-state index in [2.05, 4.69) is 15.8 Å². The molecule has 0 aromatic heterocycles. The van der Waals surface area contributed by atoms with Crippen LogP contribution in [-0.2, 0) is 0 Å². The number of halogens is 1. The number of phenols is 1. The molecule has 140 valence electrons. The zero-order chi connectivity index (χ0) is 18.3. The molecule has 5 rings (SSSR count). The maximum atomic E-state index is 12.3. The zero-order valence-corrected chi connectivity index (χ0v) is 15.6. The highest BCUT2D eigenvalue weighted by Crippen LogP contribution is 2.55. The Morgan fingerprint density at radius 2 is 1.88 bits per heavy atom. The van der Waals surface area contributed by atoms with E-state index in [1.54, 1.807) is 12.1 Å². The Morgan fingerprint density at radius 1 is 1.27 bits per heavy atom. The second-order valence-electron chi connectivity index (χ2n) is 8.08. The summed E-state index contributed by atoms with van der Waals surface area (Å²) in [6.07, 6.45) is 8.79. The largest absolute Gasteiger partial charge is 0.503 e. The van der Waals surface area contributed by atoms with Gasteiger partial charge in [0.1, 0.15) is 0 Å². The van der Waals surface area contributed by atoms with Crippen LogP contribution in [0.5, 0.6) is 11.5 Å². The summed E-state index contributed by atoms with van der Waals surface area (Å²) in [6, 6.07) is 2.89. The van der Waals surface area contributed by atoms with Crippen molar-refractivity contribution in [1.29, 1.82) is 0 Å². The highest BCUT2D eigenvalue weighted by molar-refractivity contribution is 6.32. The highest BCUT2D eigenvalue weighted by Gasteiger charge is 2.51. The summed E-state index contributed by atoms with van der Waals surface area (Å²) in [6.45, 7) is 0. The van der Waals surface area contributed by atoms with Crippen LogP contribution < -0.4 is 15.5 Å². The number of benzene rings is 1. The van der Waals surface area contributed by atoms with Crippen LogP contribution in [0.25, 0.3) is 0 Å². The number of methoxy groups -OCH3 is 1. The number of aromatic hydroxyl groups is 1. The van der Waals surface area contributed by atoms with E-state index < -0.39 is 0 Å². The maximum Gasteiger partial charge on any atom is 0.335 e. The molecule has 6 nitrogen and oxygen atoms in total.